The number of hydrogen-bond acceptors (Lipinski definition) is 6. The smallest absolute Gasteiger partial charge is 0.200 e. The van der Waals surface area contributed by atoms with Crippen molar-refractivity contribution in [3.8, 4) is 11.6 Å². The highest BCUT2D eigenvalue weighted by Gasteiger charge is 2.00. The molecule has 0 unspecified atom stereocenters. The quantitative estimate of drug-likeness (QED) is 0.660. The highest BCUT2D eigenvalue weighted by atomic mass is 15.1. The van der Waals surface area contributed by atoms with Crippen molar-refractivity contribution >= 4 is 0 Å². The van der Waals surface area contributed by atoms with Crippen LogP contribution in [0, 0.1) is 0 Å². The maximum atomic E-state index is 3.87. The van der Waals surface area contributed by atoms with Crippen LogP contribution in [0.1, 0.15) is 13.8 Å². The molecule has 6 nitrogen and oxygen atoms in total. The van der Waals surface area contributed by atoms with E-state index in [1.807, 2.05) is 13.8 Å². The molecule has 0 atom stereocenters. The summed E-state index contributed by atoms with van der Waals surface area (Å²) in [6, 6.07) is 0. The van der Waals surface area contributed by atoms with E-state index in [2.05, 4.69) is 29.9 Å². The highest BCUT2D eigenvalue weighted by molar-refractivity contribution is 5.39. The summed E-state index contributed by atoms with van der Waals surface area (Å²) in [7, 11) is 0. The zero-order chi connectivity index (χ0) is 10.2. The third-order valence-corrected chi connectivity index (χ3v) is 1.19. The Balaban J connectivity index is 0.000000461. The van der Waals surface area contributed by atoms with Gasteiger partial charge in [0.1, 0.15) is 25.3 Å². The molecule has 0 amide bonds. The van der Waals surface area contributed by atoms with Crippen LogP contribution in [0.5, 0.6) is 0 Å². The summed E-state index contributed by atoms with van der Waals surface area (Å²) in [6.45, 7) is 4.00. The lowest BCUT2D eigenvalue weighted by Crippen LogP contribution is -1.94. The van der Waals surface area contributed by atoms with Crippen LogP contribution >= 0.6 is 0 Å². The Morgan fingerprint density at radius 2 is 0.929 bits per heavy atom. The fourth-order valence-electron chi connectivity index (χ4n) is 0.709. The van der Waals surface area contributed by atoms with Gasteiger partial charge in [-0.15, -0.1) is 0 Å². The third kappa shape index (κ3) is 2.51. The van der Waals surface area contributed by atoms with Gasteiger partial charge in [0.05, 0.1) is 0 Å². The van der Waals surface area contributed by atoms with E-state index in [-0.39, 0.29) is 0 Å². The van der Waals surface area contributed by atoms with Gasteiger partial charge in [-0.3, -0.25) is 0 Å². The van der Waals surface area contributed by atoms with Gasteiger partial charge in [0, 0.05) is 0 Å². The Labute approximate surface area is 81.5 Å². The van der Waals surface area contributed by atoms with Gasteiger partial charge < -0.3 is 0 Å². The number of aromatic nitrogens is 6. The molecule has 0 N–H and O–H groups in total. The molecule has 2 aromatic heterocycles. The monoisotopic (exact) mass is 190 g/mol. The lowest BCUT2D eigenvalue weighted by Gasteiger charge is -1.92. The Morgan fingerprint density at radius 3 is 1.21 bits per heavy atom. The van der Waals surface area contributed by atoms with Gasteiger partial charge >= 0.3 is 0 Å². The predicted molar refractivity (Wildman–Crippen MR) is 50.0 cm³/mol. The molecule has 14 heavy (non-hydrogen) atoms. The molecule has 0 aliphatic heterocycles. The first-order valence-corrected chi connectivity index (χ1v) is 4.21. The fraction of sp³-hybridized carbons (Fsp3) is 0.250. The van der Waals surface area contributed by atoms with E-state index in [1.54, 1.807) is 0 Å². The lowest BCUT2D eigenvalue weighted by atomic mass is 10.5. The molecule has 0 saturated heterocycles. The second-order valence-corrected chi connectivity index (χ2v) is 1.92. The number of nitrogens with zero attached hydrogens (tertiary/aromatic N) is 6. The van der Waals surface area contributed by atoms with E-state index in [9.17, 15) is 0 Å². The molecular weight excluding hydrogens is 180 g/mol. The van der Waals surface area contributed by atoms with Crippen LogP contribution in [0.3, 0.4) is 0 Å². The van der Waals surface area contributed by atoms with E-state index in [0.717, 1.165) is 0 Å². The van der Waals surface area contributed by atoms with Crippen molar-refractivity contribution < 1.29 is 0 Å². The van der Waals surface area contributed by atoms with Crippen LogP contribution in [0.4, 0.5) is 0 Å². The average molecular weight is 190 g/mol. The molecule has 0 aliphatic carbocycles. The van der Waals surface area contributed by atoms with Crippen LogP contribution in [0.2, 0.25) is 0 Å². The average Bonchev–Trinajstić information content (AvgIpc) is 2.34. The van der Waals surface area contributed by atoms with Crippen molar-refractivity contribution in [3.63, 3.8) is 0 Å². The lowest BCUT2D eigenvalue weighted by molar-refractivity contribution is 0.985. The van der Waals surface area contributed by atoms with Gasteiger partial charge in [0.2, 0.25) is 11.6 Å². The minimum atomic E-state index is 0.451. The topological polar surface area (TPSA) is 77.3 Å². The molecule has 0 aromatic carbocycles. The van der Waals surface area contributed by atoms with Crippen molar-refractivity contribution in [1.82, 2.24) is 29.9 Å². The van der Waals surface area contributed by atoms with E-state index in [0.29, 0.717) is 11.6 Å². The zero-order valence-corrected chi connectivity index (χ0v) is 7.99. The van der Waals surface area contributed by atoms with Gasteiger partial charge in [0.25, 0.3) is 0 Å². The molecule has 2 heterocycles. The summed E-state index contributed by atoms with van der Waals surface area (Å²) in [4.78, 5) is 22.9. The first kappa shape index (κ1) is 10.1. The Morgan fingerprint density at radius 1 is 0.643 bits per heavy atom. The molecule has 6 heteroatoms. The number of rotatable bonds is 1. The minimum Gasteiger partial charge on any atom is -0.225 e. The van der Waals surface area contributed by atoms with Crippen molar-refractivity contribution in [2.45, 2.75) is 13.8 Å². The molecule has 0 spiro atoms. The summed E-state index contributed by atoms with van der Waals surface area (Å²) in [5.41, 5.74) is 0. The predicted octanol–water partition coefficient (Wildman–Crippen LogP) is 0.750. The molecular formula is C8H10N6. The maximum absolute atomic E-state index is 3.87. The van der Waals surface area contributed by atoms with Gasteiger partial charge in [-0.25, -0.2) is 29.9 Å². The van der Waals surface area contributed by atoms with Crippen molar-refractivity contribution in [2.24, 2.45) is 0 Å². The van der Waals surface area contributed by atoms with Crippen molar-refractivity contribution in [1.29, 1.82) is 0 Å². The largest absolute Gasteiger partial charge is 0.225 e. The standard InChI is InChI=1S/C6H4N6.C2H6/c1-7-2-10-5(9-1)6-11-3-8-4-12-6;1-2/h1-4H;1-2H3. The maximum Gasteiger partial charge on any atom is 0.200 e. The van der Waals surface area contributed by atoms with Gasteiger partial charge in [0.15, 0.2) is 0 Å². The van der Waals surface area contributed by atoms with E-state index >= 15 is 0 Å². The molecule has 2 rings (SSSR count). The van der Waals surface area contributed by atoms with E-state index in [1.165, 1.54) is 25.3 Å². The van der Waals surface area contributed by atoms with Crippen molar-refractivity contribution in [3.05, 3.63) is 25.3 Å². The van der Waals surface area contributed by atoms with Crippen LogP contribution in [-0.4, -0.2) is 29.9 Å². The van der Waals surface area contributed by atoms with Crippen LogP contribution < -0.4 is 0 Å². The molecule has 2 aromatic rings. The third-order valence-electron chi connectivity index (χ3n) is 1.19. The van der Waals surface area contributed by atoms with Crippen molar-refractivity contribution in [2.75, 3.05) is 0 Å². The zero-order valence-electron chi connectivity index (χ0n) is 7.99. The van der Waals surface area contributed by atoms with Crippen LogP contribution in [0.15, 0.2) is 25.3 Å². The van der Waals surface area contributed by atoms with Gasteiger partial charge in [-0.2, -0.15) is 0 Å². The molecule has 0 saturated carbocycles. The Kier molecular flexibility index (Phi) is 4.06. The van der Waals surface area contributed by atoms with E-state index in [4.69, 9.17) is 0 Å². The summed E-state index contributed by atoms with van der Waals surface area (Å²) in [6.07, 6.45) is 5.58. The highest BCUT2D eigenvalue weighted by Crippen LogP contribution is 2.01. The molecule has 0 fully saturated rings. The Bertz CT molecular complexity index is 311. The van der Waals surface area contributed by atoms with E-state index < -0.39 is 0 Å². The summed E-state index contributed by atoms with van der Waals surface area (Å²) < 4.78 is 0. The first-order valence-electron chi connectivity index (χ1n) is 4.21. The minimum absolute atomic E-state index is 0.451. The number of hydrogen-bond donors (Lipinski definition) is 0. The SMILES string of the molecule is CC.c1ncnc(-c2ncncn2)n1. The molecule has 72 valence electrons. The second kappa shape index (κ2) is 5.63. The Hall–Kier alpha value is -1.98. The second-order valence-electron chi connectivity index (χ2n) is 1.92. The molecule has 0 aliphatic rings. The van der Waals surface area contributed by atoms with Gasteiger partial charge in [-0.1, -0.05) is 13.8 Å². The van der Waals surface area contributed by atoms with Crippen LogP contribution in [-0.2, 0) is 0 Å². The first-order chi connectivity index (χ1) is 6.97. The summed E-state index contributed by atoms with van der Waals surface area (Å²) >= 11 is 0. The summed E-state index contributed by atoms with van der Waals surface area (Å²) in [5.74, 6) is 0.903. The fourth-order valence-corrected chi connectivity index (χ4v) is 0.709. The van der Waals surface area contributed by atoms with Crippen LogP contribution in [0.25, 0.3) is 11.6 Å². The normalized spacial score (nSPS) is 8.71. The molecule has 0 radical (unpaired) electrons. The van der Waals surface area contributed by atoms with Gasteiger partial charge in [-0.05, 0) is 0 Å². The molecule has 0 bridgehead atoms. The summed E-state index contributed by atoms with van der Waals surface area (Å²) in [5, 5.41) is 0.